The molecule has 0 amide bonds. The first-order chi connectivity index (χ1) is 10.4. The van der Waals surface area contributed by atoms with Gasteiger partial charge in [-0.05, 0) is 29.8 Å². The zero-order valence-electron chi connectivity index (χ0n) is 11.1. The van der Waals surface area contributed by atoms with Crippen molar-refractivity contribution in [2.75, 3.05) is 0 Å². The Morgan fingerprint density at radius 3 is 1.73 bits per heavy atom. The van der Waals surface area contributed by atoms with Gasteiger partial charge >= 0.3 is 17.1 Å². The van der Waals surface area contributed by atoms with Crippen molar-refractivity contribution >= 4 is 27.9 Å². The number of fused-ring (bicyclic) bond motifs is 2. The van der Waals surface area contributed by atoms with Crippen molar-refractivity contribution in [1.29, 1.82) is 0 Å². The van der Waals surface area contributed by atoms with Gasteiger partial charge in [-0.25, -0.2) is 0 Å². The SMILES string of the molecule is O=C(O)Cc1c2ccc(O)c(O)c2[o+]c2c(O)c(O)ccc12. The summed E-state index contributed by atoms with van der Waals surface area (Å²) < 4.78 is 5.38. The summed E-state index contributed by atoms with van der Waals surface area (Å²) in [5.74, 6) is -3.16. The van der Waals surface area contributed by atoms with Crippen LogP contribution in [-0.4, -0.2) is 31.5 Å². The second-order valence-electron chi connectivity index (χ2n) is 4.77. The lowest BCUT2D eigenvalue weighted by Gasteiger charge is -2.05. The Bertz CT molecular complexity index is 864. The number of hydrogen-bond acceptors (Lipinski definition) is 5. The number of phenols is 4. The number of carboxylic acids is 1. The van der Waals surface area contributed by atoms with Gasteiger partial charge < -0.3 is 25.5 Å². The topological polar surface area (TPSA) is 130 Å². The van der Waals surface area contributed by atoms with E-state index in [1.54, 1.807) is 0 Å². The van der Waals surface area contributed by atoms with Crippen molar-refractivity contribution in [2.24, 2.45) is 0 Å². The average Bonchev–Trinajstić information content (AvgIpc) is 2.47. The van der Waals surface area contributed by atoms with E-state index in [1.165, 1.54) is 24.3 Å². The van der Waals surface area contributed by atoms with Crippen LogP contribution in [0.4, 0.5) is 0 Å². The number of aromatic hydroxyl groups is 4. The Hall–Kier alpha value is -3.22. The minimum absolute atomic E-state index is 0.176. The first kappa shape index (κ1) is 13.7. The zero-order valence-corrected chi connectivity index (χ0v) is 11.1. The van der Waals surface area contributed by atoms with E-state index >= 15 is 0 Å². The largest absolute Gasteiger partial charge is 0.504 e. The normalized spacial score (nSPS) is 11.1. The summed E-state index contributed by atoms with van der Waals surface area (Å²) in [5.41, 5.74) is -0.0661. The molecule has 3 aromatic rings. The van der Waals surface area contributed by atoms with E-state index in [1.807, 2.05) is 0 Å². The minimum Gasteiger partial charge on any atom is -0.504 e. The van der Waals surface area contributed by atoms with Gasteiger partial charge in [0.25, 0.3) is 11.5 Å². The molecule has 0 bridgehead atoms. The molecule has 2 aromatic carbocycles. The van der Waals surface area contributed by atoms with Crippen LogP contribution in [0.2, 0.25) is 0 Å². The number of rotatable bonds is 2. The molecule has 112 valence electrons. The monoisotopic (exact) mass is 303 g/mol. The number of carboxylic acid groups (broad SMARTS) is 1. The smallest absolute Gasteiger partial charge is 0.406 e. The molecule has 22 heavy (non-hydrogen) atoms. The second kappa shape index (κ2) is 4.66. The highest BCUT2D eigenvalue weighted by atomic mass is 16.4. The fourth-order valence-corrected chi connectivity index (χ4v) is 2.39. The molecule has 5 N–H and O–H groups in total. The highest BCUT2D eigenvalue weighted by molar-refractivity contribution is 6.02. The third-order valence-electron chi connectivity index (χ3n) is 3.40. The molecule has 0 saturated carbocycles. The van der Waals surface area contributed by atoms with Gasteiger partial charge in [0, 0.05) is 0 Å². The zero-order chi connectivity index (χ0) is 16.0. The predicted octanol–water partition coefficient (Wildman–Crippen LogP) is 2.32. The Balaban J connectivity index is 2.55. The van der Waals surface area contributed by atoms with Gasteiger partial charge in [-0.15, -0.1) is 0 Å². The van der Waals surface area contributed by atoms with Crippen LogP contribution < -0.4 is 0 Å². The summed E-state index contributed by atoms with van der Waals surface area (Å²) in [4.78, 5) is 11.1. The van der Waals surface area contributed by atoms with Crippen LogP contribution in [0.3, 0.4) is 0 Å². The van der Waals surface area contributed by atoms with Gasteiger partial charge in [-0.2, -0.15) is 4.42 Å². The van der Waals surface area contributed by atoms with Crippen LogP contribution in [0.1, 0.15) is 5.56 Å². The molecule has 0 radical (unpaired) electrons. The minimum atomic E-state index is -1.12. The van der Waals surface area contributed by atoms with Gasteiger partial charge in [0.15, 0.2) is 11.5 Å². The lowest BCUT2D eigenvalue weighted by molar-refractivity contribution is -0.136. The van der Waals surface area contributed by atoms with E-state index in [9.17, 15) is 25.2 Å². The summed E-state index contributed by atoms with van der Waals surface area (Å²) in [5, 5.41) is 48.6. The molecule has 0 unspecified atom stereocenters. The molecule has 7 nitrogen and oxygen atoms in total. The maximum atomic E-state index is 11.1. The molecule has 0 aliphatic heterocycles. The molecule has 1 heterocycles. The van der Waals surface area contributed by atoms with Gasteiger partial charge in [-0.3, -0.25) is 4.79 Å². The highest BCUT2D eigenvalue weighted by Gasteiger charge is 2.28. The first-order valence-corrected chi connectivity index (χ1v) is 6.26. The van der Waals surface area contributed by atoms with Crippen molar-refractivity contribution < 1.29 is 34.7 Å². The Kier molecular flexibility index (Phi) is 2.91. The van der Waals surface area contributed by atoms with E-state index < -0.39 is 35.4 Å². The molecule has 0 atom stereocenters. The lowest BCUT2D eigenvalue weighted by Crippen LogP contribution is -2.02. The van der Waals surface area contributed by atoms with E-state index in [4.69, 9.17) is 9.52 Å². The van der Waals surface area contributed by atoms with E-state index in [0.29, 0.717) is 0 Å². The standard InChI is InChI=1S/C15H10O7/c16-9-3-1-6-8(5-11(18)19)7-2-4-10(17)13(21)15(7)22-14(6)12(9)20/h1-4H,5H2,(H4-,16,17,18,19,20,21)/p+1. The van der Waals surface area contributed by atoms with Crippen molar-refractivity contribution in [3.63, 3.8) is 0 Å². The van der Waals surface area contributed by atoms with E-state index in [2.05, 4.69) is 0 Å². The summed E-state index contributed by atoms with van der Waals surface area (Å²) >= 11 is 0. The fraction of sp³-hybridized carbons (Fsp3) is 0.0667. The second-order valence-corrected chi connectivity index (χ2v) is 4.77. The molecular weight excluding hydrogens is 292 g/mol. The van der Waals surface area contributed by atoms with E-state index in [0.717, 1.165) is 0 Å². The number of benzene rings is 2. The highest BCUT2D eigenvalue weighted by Crippen LogP contribution is 2.42. The van der Waals surface area contributed by atoms with Crippen molar-refractivity contribution in [1.82, 2.24) is 0 Å². The maximum absolute atomic E-state index is 11.1. The summed E-state index contributed by atoms with van der Waals surface area (Å²) in [6, 6.07) is 5.25. The van der Waals surface area contributed by atoms with Crippen molar-refractivity contribution in [3.8, 4) is 23.0 Å². The third-order valence-corrected chi connectivity index (χ3v) is 3.40. The molecule has 0 spiro atoms. The summed E-state index contributed by atoms with van der Waals surface area (Å²) in [6.45, 7) is 0. The summed E-state index contributed by atoms with van der Waals surface area (Å²) in [6.07, 6.45) is -0.391. The molecule has 0 fully saturated rings. The van der Waals surface area contributed by atoms with Crippen LogP contribution >= 0.6 is 0 Å². The number of carbonyl (C=O) groups is 1. The average molecular weight is 303 g/mol. The fourth-order valence-electron chi connectivity index (χ4n) is 2.39. The van der Waals surface area contributed by atoms with E-state index in [-0.39, 0.29) is 27.5 Å². The Morgan fingerprint density at radius 1 is 0.864 bits per heavy atom. The molecule has 0 saturated heterocycles. The number of phenolic OH excluding ortho intramolecular Hbond substituents is 4. The van der Waals surface area contributed by atoms with Crippen LogP contribution in [0, 0.1) is 0 Å². The number of aliphatic carboxylic acids is 1. The van der Waals surface area contributed by atoms with Crippen LogP contribution in [0.15, 0.2) is 28.7 Å². The van der Waals surface area contributed by atoms with Gasteiger partial charge in [-0.1, -0.05) is 0 Å². The first-order valence-electron chi connectivity index (χ1n) is 6.26. The number of hydrogen-bond donors (Lipinski definition) is 5. The van der Waals surface area contributed by atoms with Gasteiger partial charge in [0.05, 0.1) is 17.2 Å². The lowest BCUT2D eigenvalue weighted by atomic mass is 10.0. The third kappa shape index (κ3) is 1.91. The van der Waals surface area contributed by atoms with Crippen LogP contribution in [0.25, 0.3) is 21.9 Å². The quantitative estimate of drug-likeness (QED) is 0.279. The van der Waals surface area contributed by atoms with Crippen molar-refractivity contribution in [3.05, 3.63) is 29.8 Å². The molecule has 7 heteroatoms. The molecular formula is C15H11O7+. The predicted molar refractivity (Wildman–Crippen MR) is 76.1 cm³/mol. The Morgan fingerprint density at radius 2 is 1.32 bits per heavy atom. The van der Waals surface area contributed by atoms with Crippen molar-refractivity contribution in [2.45, 2.75) is 6.42 Å². The molecule has 3 rings (SSSR count). The molecule has 0 aliphatic carbocycles. The molecule has 0 aliphatic rings. The maximum Gasteiger partial charge on any atom is 0.406 e. The van der Waals surface area contributed by atoms with Gasteiger partial charge in [0.2, 0.25) is 0 Å². The van der Waals surface area contributed by atoms with Gasteiger partial charge in [0.1, 0.15) is 0 Å². The van der Waals surface area contributed by atoms with Crippen LogP contribution in [-0.2, 0) is 11.2 Å². The Labute approximate surface area is 122 Å². The molecule has 1 aromatic heterocycles. The van der Waals surface area contributed by atoms with Crippen LogP contribution in [0.5, 0.6) is 23.0 Å². The summed E-state index contributed by atoms with van der Waals surface area (Å²) in [7, 11) is 0.